The van der Waals surface area contributed by atoms with Gasteiger partial charge in [-0.2, -0.15) is 0 Å². The second kappa shape index (κ2) is 9.94. The van der Waals surface area contributed by atoms with Crippen molar-refractivity contribution in [2.24, 2.45) is 0 Å². The highest BCUT2D eigenvalue weighted by Gasteiger charge is 2.52. The SMILES string of the molecule is Cc1ccccc1C1(c2nc(-c3ccccc3)cc(-c3ccccc3)n2)c2ccccc2C(C)(Br)c2ccccc21. The van der Waals surface area contributed by atoms with Gasteiger partial charge in [0.2, 0.25) is 0 Å². The Morgan fingerprint density at radius 3 is 1.34 bits per heavy atom. The zero-order valence-electron chi connectivity index (χ0n) is 23.1. The molecule has 0 fully saturated rings. The average molecular weight is 594 g/mol. The lowest BCUT2D eigenvalue weighted by Gasteiger charge is -2.46. The van der Waals surface area contributed by atoms with Gasteiger partial charge in [0, 0.05) is 11.1 Å². The van der Waals surface area contributed by atoms with Crippen molar-refractivity contribution in [3.8, 4) is 22.5 Å². The number of halogens is 1. The lowest BCUT2D eigenvalue weighted by atomic mass is 9.59. The van der Waals surface area contributed by atoms with Crippen LogP contribution in [-0.4, -0.2) is 9.97 Å². The van der Waals surface area contributed by atoms with Crippen molar-refractivity contribution < 1.29 is 0 Å². The maximum absolute atomic E-state index is 5.46. The molecule has 0 radical (unpaired) electrons. The molecule has 0 atom stereocenters. The van der Waals surface area contributed by atoms with Crippen molar-refractivity contribution in [2.45, 2.75) is 23.6 Å². The fraction of sp³-hybridized carbons (Fsp3) is 0.105. The van der Waals surface area contributed by atoms with Crippen LogP contribution in [0, 0.1) is 6.92 Å². The molecule has 0 bridgehead atoms. The van der Waals surface area contributed by atoms with E-state index in [1.165, 1.54) is 33.4 Å². The first-order chi connectivity index (χ1) is 20.0. The van der Waals surface area contributed by atoms with Crippen LogP contribution in [0.25, 0.3) is 22.5 Å². The van der Waals surface area contributed by atoms with E-state index in [9.17, 15) is 0 Å². The highest BCUT2D eigenvalue weighted by molar-refractivity contribution is 9.09. The number of rotatable bonds is 4. The zero-order chi connectivity index (χ0) is 28.0. The number of nitrogens with zero attached hydrogens (tertiary/aromatic N) is 2. The predicted molar refractivity (Wildman–Crippen MR) is 171 cm³/mol. The number of fused-ring (bicyclic) bond motifs is 2. The molecular formula is C38H29BrN2. The zero-order valence-corrected chi connectivity index (χ0v) is 24.6. The number of aryl methyl sites for hydroxylation is 1. The van der Waals surface area contributed by atoms with Crippen LogP contribution in [-0.2, 0) is 9.74 Å². The molecule has 1 aliphatic carbocycles. The third kappa shape index (κ3) is 3.99. The summed E-state index contributed by atoms with van der Waals surface area (Å²) < 4.78 is -0.369. The van der Waals surface area contributed by atoms with Crippen molar-refractivity contribution in [2.75, 3.05) is 0 Å². The summed E-state index contributed by atoms with van der Waals surface area (Å²) in [4.78, 5) is 10.9. The summed E-state index contributed by atoms with van der Waals surface area (Å²) >= 11 is 4.17. The van der Waals surface area contributed by atoms with E-state index in [1.54, 1.807) is 0 Å². The molecule has 0 amide bonds. The molecule has 2 nitrogen and oxygen atoms in total. The molecule has 0 N–H and O–H groups in total. The highest BCUT2D eigenvalue weighted by atomic mass is 79.9. The van der Waals surface area contributed by atoms with Crippen LogP contribution in [0.2, 0.25) is 0 Å². The maximum atomic E-state index is 5.46. The third-order valence-corrected chi connectivity index (χ3v) is 9.28. The van der Waals surface area contributed by atoms with E-state index < -0.39 is 5.41 Å². The molecule has 6 aromatic rings. The first-order valence-corrected chi connectivity index (χ1v) is 14.8. The summed E-state index contributed by atoms with van der Waals surface area (Å²) in [5.74, 6) is 0.773. The van der Waals surface area contributed by atoms with E-state index in [2.05, 4.69) is 157 Å². The highest BCUT2D eigenvalue weighted by Crippen LogP contribution is 2.57. The number of hydrogen-bond donors (Lipinski definition) is 0. The van der Waals surface area contributed by atoms with Crippen molar-refractivity contribution in [1.82, 2.24) is 9.97 Å². The minimum absolute atomic E-state index is 0.369. The Morgan fingerprint density at radius 1 is 0.488 bits per heavy atom. The van der Waals surface area contributed by atoms with Gasteiger partial charge in [0.25, 0.3) is 0 Å². The molecule has 1 aromatic heterocycles. The Kier molecular flexibility index (Phi) is 6.21. The third-order valence-electron chi connectivity index (χ3n) is 8.42. The van der Waals surface area contributed by atoms with Gasteiger partial charge in [0.05, 0.1) is 15.7 Å². The van der Waals surface area contributed by atoms with E-state index >= 15 is 0 Å². The lowest BCUT2D eigenvalue weighted by Crippen LogP contribution is -2.42. The van der Waals surface area contributed by atoms with Gasteiger partial charge in [0.1, 0.15) is 11.2 Å². The van der Waals surface area contributed by atoms with E-state index in [-0.39, 0.29) is 4.32 Å². The molecule has 1 heterocycles. The summed E-state index contributed by atoms with van der Waals surface area (Å²) in [5.41, 5.74) is 10.4. The van der Waals surface area contributed by atoms with Crippen LogP contribution in [0.1, 0.15) is 46.1 Å². The van der Waals surface area contributed by atoms with Crippen LogP contribution in [0.4, 0.5) is 0 Å². The summed E-state index contributed by atoms with van der Waals surface area (Å²) in [6.07, 6.45) is 0. The maximum Gasteiger partial charge on any atom is 0.149 e. The van der Waals surface area contributed by atoms with Gasteiger partial charge in [-0.05, 0) is 53.3 Å². The molecule has 41 heavy (non-hydrogen) atoms. The van der Waals surface area contributed by atoms with E-state index in [4.69, 9.17) is 9.97 Å². The van der Waals surface area contributed by atoms with Gasteiger partial charge in [-0.15, -0.1) is 0 Å². The minimum atomic E-state index is -0.736. The molecule has 0 spiro atoms. The Bertz CT molecular complexity index is 1770. The quantitative estimate of drug-likeness (QED) is 0.190. The molecule has 1 aliphatic rings. The Labute approximate surface area is 249 Å². The second-order valence-corrected chi connectivity index (χ2v) is 12.4. The van der Waals surface area contributed by atoms with Crippen molar-refractivity contribution in [3.63, 3.8) is 0 Å². The molecule has 0 saturated carbocycles. The standard InChI is InChI=1S/C38H29BrN2/c1-26-15-9-10-20-29(26)38(32-23-13-11-21-30(32)37(2,39)31-22-12-14-24-33(31)38)36-40-34(27-16-5-3-6-17-27)25-35(41-36)28-18-7-4-8-19-28/h3-25H,1-2H3. The van der Waals surface area contributed by atoms with Crippen LogP contribution in [0.3, 0.4) is 0 Å². The molecule has 198 valence electrons. The first kappa shape index (κ1) is 25.6. The number of hydrogen-bond acceptors (Lipinski definition) is 2. The van der Waals surface area contributed by atoms with E-state index in [0.29, 0.717) is 0 Å². The number of alkyl halides is 1. The monoisotopic (exact) mass is 592 g/mol. The summed E-state index contributed by atoms with van der Waals surface area (Å²) in [6, 6.07) is 49.2. The molecular weight excluding hydrogens is 564 g/mol. The van der Waals surface area contributed by atoms with Crippen molar-refractivity contribution in [1.29, 1.82) is 0 Å². The minimum Gasteiger partial charge on any atom is -0.231 e. The largest absolute Gasteiger partial charge is 0.231 e. The Hall–Kier alpha value is -4.34. The van der Waals surface area contributed by atoms with Gasteiger partial charge >= 0.3 is 0 Å². The van der Waals surface area contributed by atoms with Gasteiger partial charge in [-0.25, -0.2) is 9.97 Å². The van der Waals surface area contributed by atoms with Gasteiger partial charge in [0.15, 0.2) is 0 Å². The molecule has 3 heteroatoms. The molecule has 7 rings (SSSR count). The fourth-order valence-corrected chi connectivity index (χ4v) is 7.19. The average Bonchev–Trinajstić information content (AvgIpc) is 3.03. The van der Waals surface area contributed by atoms with E-state index in [1.807, 2.05) is 12.1 Å². The Morgan fingerprint density at radius 2 is 0.878 bits per heavy atom. The first-order valence-electron chi connectivity index (χ1n) is 14.0. The van der Waals surface area contributed by atoms with Crippen LogP contribution < -0.4 is 0 Å². The molecule has 5 aromatic carbocycles. The van der Waals surface area contributed by atoms with Crippen LogP contribution in [0.15, 0.2) is 140 Å². The summed E-state index contributed by atoms with van der Waals surface area (Å²) in [5, 5.41) is 0. The predicted octanol–water partition coefficient (Wildman–Crippen LogP) is 9.47. The fourth-order valence-electron chi connectivity index (χ4n) is 6.50. The Balaban J connectivity index is 1.68. The summed E-state index contributed by atoms with van der Waals surface area (Å²) in [6.45, 7) is 4.45. The number of benzene rings is 5. The van der Waals surface area contributed by atoms with Gasteiger partial charge in [-0.1, -0.05) is 149 Å². The van der Waals surface area contributed by atoms with Gasteiger partial charge < -0.3 is 0 Å². The summed E-state index contributed by atoms with van der Waals surface area (Å²) in [7, 11) is 0. The number of aromatic nitrogens is 2. The molecule has 0 unspecified atom stereocenters. The molecule has 0 aliphatic heterocycles. The van der Waals surface area contributed by atoms with Crippen molar-refractivity contribution in [3.05, 3.63) is 179 Å². The smallest absolute Gasteiger partial charge is 0.149 e. The van der Waals surface area contributed by atoms with Crippen molar-refractivity contribution >= 4 is 15.9 Å². The normalized spacial score (nSPS) is 19.3. The van der Waals surface area contributed by atoms with Gasteiger partial charge in [-0.3, -0.25) is 0 Å². The van der Waals surface area contributed by atoms with E-state index in [0.717, 1.165) is 28.3 Å². The topological polar surface area (TPSA) is 25.8 Å². The second-order valence-electron chi connectivity index (χ2n) is 10.9. The van der Waals surface area contributed by atoms with Crippen LogP contribution in [0.5, 0.6) is 0 Å². The molecule has 0 saturated heterocycles. The van der Waals surface area contributed by atoms with Crippen LogP contribution >= 0.6 is 15.9 Å². The lowest BCUT2D eigenvalue weighted by molar-refractivity contribution is 0.615.